The lowest BCUT2D eigenvalue weighted by Gasteiger charge is -2.17. The monoisotopic (exact) mass is 381 g/mol. The Hall–Kier alpha value is -3.41. The largest absolute Gasteiger partial charge is 0.494 e. The van der Waals surface area contributed by atoms with Gasteiger partial charge in [-0.15, -0.1) is 0 Å². The Morgan fingerprint density at radius 2 is 1.75 bits per heavy atom. The van der Waals surface area contributed by atoms with Gasteiger partial charge < -0.3 is 14.4 Å². The highest BCUT2D eigenvalue weighted by molar-refractivity contribution is 5.96. The van der Waals surface area contributed by atoms with Gasteiger partial charge in [0.15, 0.2) is 18.2 Å². The van der Waals surface area contributed by atoms with Crippen LogP contribution in [0.3, 0.4) is 0 Å². The summed E-state index contributed by atoms with van der Waals surface area (Å²) in [6.07, 6.45) is 0. The number of likely N-dealkylation sites (N-methyl/N-ethyl adjacent to an activating group) is 1. The van der Waals surface area contributed by atoms with Gasteiger partial charge in [-0.25, -0.2) is 9.18 Å². The minimum Gasteiger partial charge on any atom is -0.494 e. The van der Waals surface area contributed by atoms with Gasteiger partial charge in [0, 0.05) is 13.6 Å². The van der Waals surface area contributed by atoms with Crippen molar-refractivity contribution in [3.05, 3.63) is 77.6 Å². The fraction of sp³-hybridized carbons (Fsp3) is 0.182. The number of rotatable bonds is 6. The number of amides is 1. The SMILES string of the molecule is COc1ccc(CN(C)C(=O)COC(=O)c2ccc3ccccc3c2)cc1F. The molecule has 0 aliphatic rings. The number of carbonyl (C=O) groups excluding carboxylic acids is 2. The number of benzene rings is 3. The standard InChI is InChI=1S/C22H20FNO4/c1-24(13-15-7-10-20(27-2)19(23)11-15)21(25)14-28-22(26)18-9-8-16-5-3-4-6-17(16)12-18/h3-12H,13-14H2,1-2H3. The summed E-state index contributed by atoms with van der Waals surface area (Å²) in [6, 6.07) is 17.4. The molecule has 0 fully saturated rings. The lowest BCUT2D eigenvalue weighted by Crippen LogP contribution is -2.30. The molecule has 0 aromatic heterocycles. The molecule has 0 bridgehead atoms. The highest BCUT2D eigenvalue weighted by Crippen LogP contribution is 2.19. The number of ether oxygens (including phenoxy) is 2. The number of carbonyl (C=O) groups is 2. The quantitative estimate of drug-likeness (QED) is 0.610. The molecule has 0 spiro atoms. The Bertz CT molecular complexity index is 1020. The van der Waals surface area contributed by atoms with E-state index < -0.39 is 11.8 Å². The third-order valence-electron chi connectivity index (χ3n) is 4.37. The van der Waals surface area contributed by atoms with Crippen LogP contribution in [0.25, 0.3) is 10.8 Å². The van der Waals surface area contributed by atoms with Crippen molar-refractivity contribution in [2.45, 2.75) is 6.54 Å². The third kappa shape index (κ3) is 4.46. The predicted molar refractivity (Wildman–Crippen MR) is 104 cm³/mol. The van der Waals surface area contributed by atoms with Crippen molar-refractivity contribution in [2.75, 3.05) is 20.8 Å². The molecule has 5 nitrogen and oxygen atoms in total. The number of fused-ring (bicyclic) bond motifs is 1. The average Bonchev–Trinajstić information content (AvgIpc) is 2.71. The summed E-state index contributed by atoms with van der Waals surface area (Å²) in [5.74, 6) is -1.31. The second kappa shape index (κ2) is 8.52. The molecule has 0 saturated carbocycles. The Morgan fingerprint density at radius 3 is 2.46 bits per heavy atom. The summed E-state index contributed by atoms with van der Waals surface area (Å²) in [5, 5.41) is 1.93. The molecule has 0 aliphatic heterocycles. The smallest absolute Gasteiger partial charge is 0.338 e. The van der Waals surface area contributed by atoms with Crippen LogP contribution in [-0.4, -0.2) is 37.5 Å². The highest BCUT2D eigenvalue weighted by Gasteiger charge is 2.15. The number of nitrogens with zero attached hydrogens (tertiary/aromatic N) is 1. The first-order valence-corrected chi connectivity index (χ1v) is 8.70. The molecular weight excluding hydrogens is 361 g/mol. The van der Waals surface area contributed by atoms with E-state index in [0.717, 1.165) is 10.8 Å². The predicted octanol–water partition coefficient (Wildman–Crippen LogP) is 3.80. The number of hydrogen-bond acceptors (Lipinski definition) is 4. The van der Waals surface area contributed by atoms with Crippen LogP contribution >= 0.6 is 0 Å². The van der Waals surface area contributed by atoms with Crippen LogP contribution in [0.15, 0.2) is 60.7 Å². The van der Waals surface area contributed by atoms with Crippen molar-refractivity contribution in [3.63, 3.8) is 0 Å². The van der Waals surface area contributed by atoms with Gasteiger partial charge in [0.1, 0.15) is 0 Å². The number of halogens is 1. The zero-order valence-electron chi connectivity index (χ0n) is 15.6. The van der Waals surface area contributed by atoms with Crippen molar-refractivity contribution >= 4 is 22.6 Å². The van der Waals surface area contributed by atoms with Gasteiger partial charge in [-0.3, -0.25) is 4.79 Å². The average molecular weight is 381 g/mol. The van der Waals surface area contributed by atoms with Crippen molar-refractivity contribution in [2.24, 2.45) is 0 Å². The molecular formula is C22H20FNO4. The Morgan fingerprint density at radius 1 is 1.00 bits per heavy atom. The van der Waals surface area contributed by atoms with E-state index in [4.69, 9.17) is 9.47 Å². The molecule has 3 aromatic rings. The van der Waals surface area contributed by atoms with E-state index >= 15 is 0 Å². The highest BCUT2D eigenvalue weighted by atomic mass is 19.1. The summed E-state index contributed by atoms with van der Waals surface area (Å²) in [6.45, 7) is -0.200. The van der Waals surface area contributed by atoms with E-state index in [2.05, 4.69) is 0 Å². The van der Waals surface area contributed by atoms with Crippen molar-refractivity contribution in [1.29, 1.82) is 0 Å². The van der Waals surface area contributed by atoms with Crippen molar-refractivity contribution < 1.29 is 23.5 Å². The van der Waals surface area contributed by atoms with Gasteiger partial charge in [-0.05, 0) is 40.6 Å². The summed E-state index contributed by atoms with van der Waals surface area (Å²) >= 11 is 0. The first-order valence-electron chi connectivity index (χ1n) is 8.70. The lowest BCUT2D eigenvalue weighted by atomic mass is 10.1. The molecule has 0 saturated heterocycles. The molecule has 1 amide bonds. The Kier molecular flexibility index (Phi) is 5.89. The molecule has 28 heavy (non-hydrogen) atoms. The molecule has 0 N–H and O–H groups in total. The summed E-state index contributed by atoms with van der Waals surface area (Å²) < 4.78 is 23.8. The summed E-state index contributed by atoms with van der Waals surface area (Å²) in [5.41, 5.74) is 0.987. The van der Waals surface area contributed by atoms with Gasteiger partial charge in [-0.2, -0.15) is 0 Å². The zero-order chi connectivity index (χ0) is 20.1. The third-order valence-corrected chi connectivity index (χ3v) is 4.37. The molecule has 3 rings (SSSR count). The van der Waals surface area contributed by atoms with Gasteiger partial charge in [0.2, 0.25) is 0 Å². The van der Waals surface area contributed by atoms with Crippen LogP contribution in [0.4, 0.5) is 4.39 Å². The maximum atomic E-state index is 13.8. The molecule has 0 atom stereocenters. The fourth-order valence-corrected chi connectivity index (χ4v) is 2.81. The lowest BCUT2D eigenvalue weighted by molar-refractivity contribution is -0.133. The van der Waals surface area contributed by atoms with Crippen molar-refractivity contribution in [1.82, 2.24) is 4.90 Å². The normalized spacial score (nSPS) is 10.5. The van der Waals surface area contributed by atoms with E-state index in [9.17, 15) is 14.0 Å². The number of methoxy groups -OCH3 is 1. The topological polar surface area (TPSA) is 55.8 Å². The first-order chi connectivity index (χ1) is 13.5. The molecule has 0 aliphatic carbocycles. The molecule has 0 unspecified atom stereocenters. The van der Waals surface area contributed by atoms with Gasteiger partial charge >= 0.3 is 5.97 Å². The van der Waals surface area contributed by atoms with Crippen LogP contribution in [0, 0.1) is 5.82 Å². The molecule has 0 heterocycles. The molecule has 144 valence electrons. The second-order valence-corrected chi connectivity index (χ2v) is 6.36. The van der Waals surface area contributed by atoms with Crippen molar-refractivity contribution in [3.8, 4) is 5.75 Å². The van der Waals surface area contributed by atoms with Gasteiger partial charge in [-0.1, -0.05) is 36.4 Å². The van der Waals surface area contributed by atoms with Gasteiger partial charge in [0.25, 0.3) is 5.91 Å². The minimum atomic E-state index is -0.567. The molecule has 0 radical (unpaired) electrons. The van der Waals surface area contributed by atoms with Crippen LogP contribution in [0.1, 0.15) is 15.9 Å². The number of esters is 1. The summed E-state index contributed by atoms with van der Waals surface area (Å²) in [4.78, 5) is 25.8. The summed E-state index contributed by atoms with van der Waals surface area (Å²) in [7, 11) is 2.95. The first kappa shape index (κ1) is 19.4. The van der Waals surface area contributed by atoms with Gasteiger partial charge in [0.05, 0.1) is 12.7 Å². The zero-order valence-corrected chi connectivity index (χ0v) is 15.6. The van der Waals surface area contributed by atoms with Crippen LogP contribution < -0.4 is 4.74 Å². The van der Waals surface area contributed by atoms with E-state index in [-0.39, 0.29) is 24.8 Å². The van der Waals surface area contributed by atoms with E-state index in [0.29, 0.717) is 11.1 Å². The van der Waals surface area contributed by atoms with E-state index in [1.54, 1.807) is 25.2 Å². The van der Waals surface area contributed by atoms with Crippen LogP contribution in [0.2, 0.25) is 0 Å². The maximum absolute atomic E-state index is 13.8. The van der Waals surface area contributed by atoms with E-state index in [1.165, 1.54) is 24.1 Å². The molecule has 6 heteroatoms. The fourth-order valence-electron chi connectivity index (χ4n) is 2.81. The Balaban J connectivity index is 1.57. The van der Waals surface area contributed by atoms with Crippen LogP contribution in [-0.2, 0) is 16.1 Å². The second-order valence-electron chi connectivity index (χ2n) is 6.36. The minimum absolute atomic E-state index is 0.141. The van der Waals surface area contributed by atoms with E-state index in [1.807, 2.05) is 30.3 Å². The Labute approximate surface area is 162 Å². The molecule has 3 aromatic carbocycles. The maximum Gasteiger partial charge on any atom is 0.338 e. The number of hydrogen-bond donors (Lipinski definition) is 0. The van der Waals surface area contributed by atoms with Crippen LogP contribution in [0.5, 0.6) is 5.75 Å².